The molecular weight excluding hydrogens is 531 g/mol. The number of hydrogen-bond acceptors (Lipinski definition) is 3. The van der Waals surface area contributed by atoms with Crippen LogP contribution in [0.5, 0.6) is 0 Å². The molecule has 0 aliphatic rings. The summed E-state index contributed by atoms with van der Waals surface area (Å²) in [5.41, 5.74) is 6.32. The predicted octanol–water partition coefficient (Wildman–Crippen LogP) is 7.65. The van der Waals surface area contributed by atoms with Crippen molar-refractivity contribution in [3.05, 3.63) is 140 Å². The third-order valence-electron chi connectivity index (χ3n) is 8.21. The second-order valence-corrected chi connectivity index (χ2v) is 12.8. The molecule has 4 heterocycles. The van der Waals surface area contributed by atoms with Crippen LogP contribution < -0.4 is 15.9 Å². The van der Waals surface area contributed by atoms with Gasteiger partial charge in [-0.1, -0.05) is 72.8 Å². The molecule has 0 bridgehead atoms. The lowest BCUT2D eigenvalue weighted by molar-refractivity contribution is 1.32. The normalized spacial score (nSPS) is 12.7. The molecular formula is C37H23N4P. The maximum atomic E-state index is 5.11. The predicted molar refractivity (Wildman–Crippen MR) is 177 cm³/mol. The number of pyridine rings is 3. The molecule has 4 aromatic heterocycles. The van der Waals surface area contributed by atoms with E-state index in [1.165, 1.54) is 37.6 Å². The standard InChI is InChI=1S/C37H23N4P/c1-3-11-31-29(10-1)36(19-21-39-31)42(26-16-15-24-8-7-20-38-33(24)23-26)25-17-18-28-30(22-25)27-9-2-5-13-34(27)41-35-14-6-4-12-32(35)40-37(28)41/h1-23H. The first-order valence-corrected chi connectivity index (χ1v) is 15.4. The molecule has 4 nitrogen and oxygen atoms in total. The SMILES string of the molecule is c1cnc2cc(P(c3ccc4c(c3)c3ccccc3n3c5ccccc5nc43)c3ccnc4ccccc34)ccc2c1. The number of hydrogen-bond donors (Lipinski definition) is 0. The minimum atomic E-state index is -0.918. The monoisotopic (exact) mass is 554 g/mol. The van der Waals surface area contributed by atoms with Crippen molar-refractivity contribution in [2.45, 2.75) is 0 Å². The average Bonchev–Trinajstić information content (AvgIpc) is 3.45. The Morgan fingerprint density at radius 1 is 0.476 bits per heavy atom. The van der Waals surface area contributed by atoms with Crippen LogP contribution in [0.25, 0.3) is 60.2 Å². The van der Waals surface area contributed by atoms with Crippen LogP contribution in [-0.4, -0.2) is 19.4 Å². The van der Waals surface area contributed by atoms with Gasteiger partial charge in [0.2, 0.25) is 0 Å². The van der Waals surface area contributed by atoms with Gasteiger partial charge in [0.05, 0.1) is 27.6 Å². The van der Waals surface area contributed by atoms with E-state index >= 15 is 0 Å². The Hall–Kier alpha value is -5.18. The summed E-state index contributed by atoms with van der Waals surface area (Å²) in [4.78, 5) is 14.5. The number of fused-ring (bicyclic) bond motifs is 10. The fourth-order valence-corrected chi connectivity index (χ4v) is 8.79. The number of imidazole rings is 1. The summed E-state index contributed by atoms with van der Waals surface area (Å²) in [7, 11) is -0.918. The van der Waals surface area contributed by atoms with Gasteiger partial charge in [0.25, 0.3) is 0 Å². The van der Waals surface area contributed by atoms with E-state index in [-0.39, 0.29) is 0 Å². The summed E-state index contributed by atoms with van der Waals surface area (Å²) in [6.07, 6.45) is 3.82. The van der Waals surface area contributed by atoms with Crippen LogP contribution in [0.3, 0.4) is 0 Å². The van der Waals surface area contributed by atoms with Crippen LogP contribution in [0.2, 0.25) is 0 Å². The molecule has 0 spiro atoms. The van der Waals surface area contributed by atoms with E-state index in [1.807, 2.05) is 18.5 Å². The first-order valence-electron chi connectivity index (χ1n) is 14.0. The second-order valence-electron chi connectivity index (χ2n) is 10.6. The smallest absolute Gasteiger partial charge is 0.146 e. The molecule has 0 saturated heterocycles. The van der Waals surface area contributed by atoms with Crippen molar-refractivity contribution < 1.29 is 0 Å². The number of benzene rings is 5. The van der Waals surface area contributed by atoms with E-state index < -0.39 is 7.92 Å². The highest BCUT2D eigenvalue weighted by atomic mass is 31.1. The largest absolute Gasteiger partial charge is 0.292 e. The molecule has 196 valence electrons. The van der Waals surface area contributed by atoms with E-state index in [2.05, 4.69) is 126 Å². The van der Waals surface area contributed by atoms with E-state index in [1.54, 1.807) is 0 Å². The zero-order valence-electron chi connectivity index (χ0n) is 22.5. The molecule has 5 aromatic carbocycles. The summed E-state index contributed by atoms with van der Waals surface area (Å²) in [6.45, 7) is 0. The molecule has 0 saturated carbocycles. The molecule has 9 aromatic rings. The van der Waals surface area contributed by atoms with Crippen LogP contribution in [0.4, 0.5) is 0 Å². The van der Waals surface area contributed by atoms with Gasteiger partial charge in [0.15, 0.2) is 0 Å². The number of aromatic nitrogens is 4. The van der Waals surface area contributed by atoms with Gasteiger partial charge in [-0.05, 0) is 83.8 Å². The van der Waals surface area contributed by atoms with Crippen molar-refractivity contribution in [2.24, 2.45) is 0 Å². The van der Waals surface area contributed by atoms with Gasteiger partial charge in [-0.3, -0.25) is 14.4 Å². The fraction of sp³-hybridized carbons (Fsp3) is 0. The quantitative estimate of drug-likeness (QED) is 0.166. The van der Waals surface area contributed by atoms with Crippen LogP contribution in [0, 0.1) is 0 Å². The molecule has 1 atom stereocenters. The maximum Gasteiger partial charge on any atom is 0.146 e. The first kappa shape index (κ1) is 23.5. The Kier molecular flexibility index (Phi) is 5.13. The molecule has 1 unspecified atom stereocenters. The van der Waals surface area contributed by atoms with Crippen LogP contribution in [0.15, 0.2) is 140 Å². The van der Waals surface area contributed by atoms with Crippen molar-refractivity contribution in [1.29, 1.82) is 0 Å². The van der Waals surface area contributed by atoms with Crippen LogP contribution in [0.1, 0.15) is 0 Å². The van der Waals surface area contributed by atoms with Gasteiger partial charge >= 0.3 is 0 Å². The molecule has 0 amide bonds. The lowest BCUT2D eigenvalue weighted by Gasteiger charge is -2.22. The summed E-state index contributed by atoms with van der Waals surface area (Å²) in [5, 5.41) is 9.78. The number of para-hydroxylation sites is 4. The van der Waals surface area contributed by atoms with Gasteiger partial charge in [0, 0.05) is 33.9 Å². The van der Waals surface area contributed by atoms with Gasteiger partial charge in [-0.15, -0.1) is 0 Å². The third-order valence-corrected chi connectivity index (χ3v) is 10.7. The summed E-state index contributed by atoms with van der Waals surface area (Å²) < 4.78 is 2.31. The summed E-state index contributed by atoms with van der Waals surface area (Å²) in [5.74, 6) is 0. The lowest BCUT2D eigenvalue weighted by atomic mass is 10.1. The topological polar surface area (TPSA) is 43.1 Å². The first-order chi connectivity index (χ1) is 20.8. The van der Waals surface area contributed by atoms with Crippen molar-refractivity contribution in [3.8, 4) is 0 Å². The summed E-state index contributed by atoms with van der Waals surface area (Å²) in [6, 6.07) is 45.6. The zero-order chi connectivity index (χ0) is 27.6. The van der Waals surface area contributed by atoms with Crippen molar-refractivity contribution in [2.75, 3.05) is 0 Å². The van der Waals surface area contributed by atoms with Crippen LogP contribution in [-0.2, 0) is 0 Å². The second kappa shape index (κ2) is 9.17. The summed E-state index contributed by atoms with van der Waals surface area (Å²) >= 11 is 0. The highest BCUT2D eigenvalue weighted by molar-refractivity contribution is 7.80. The highest BCUT2D eigenvalue weighted by Crippen LogP contribution is 2.39. The van der Waals surface area contributed by atoms with Crippen molar-refractivity contribution >= 4 is 84.0 Å². The maximum absolute atomic E-state index is 5.11. The van der Waals surface area contributed by atoms with E-state index in [9.17, 15) is 0 Å². The van der Waals surface area contributed by atoms with E-state index in [0.717, 1.165) is 38.5 Å². The lowest BCUT2D eigenvalue weighted by Crippen LogP contribution is -2.21. The molecule has 42 heavy (non-hydrogen) atoms. The Balaban J connectivity index is 1.38. The average molecular weight is 555 g/mol. The minimum Gasteiger partial charge on any atom is -0.292 e. The zero-order valence-corrected chi connectivity index (χ0v) is 23.4. The number of rotatable bonds is 3. The van der Waals surface area contributed by atoms with Crippen molar-refractivity contribution in [3.63, 3.8) is 0 Å². The fourth-order valence-electron chi connectivity index (χ4n) is 6.33. The van der Waals surface area contributed by atoms with Gasteiger partial charge in [-0.25, -0.2) is 4.98 Å². The van der Waals surface area contributed by atoms with Crippen molar-refractivity contribution in [1.82, 2.24) is 19.4 Å². The molecule has 0 aliphatic heterocycles. The molecule has 0 aliphatic carbocycles. The highest BCUT2D eigenvalue weighted by Gasteiger charge is 2.22. The van der Waals surface area contributed by atoms with Gasteiger partial charge < -0.3 is 0 Å². The Labute approximate surface area is 242 Å². The van der Waals surface area contributed by atoms with E-state index in [0.29, 0.717) is 0 Å². The molecule has 0 N–H and O–H groups in total. The van der Waals surface area contributed by atoms with E-state index in [4.69, 9.17) is 15.0 Å². The minimum absolute atomic E-state index is 0.918. The van der Waals surface area contributed by atoms with Gasteiger partial charge in [0.1, 0.15) is 5.65 Å². The molecule has 0 radical (unpaired) electrons. The van der Waals surface area contributed by atoms with Gasteiger partial charge in [-0.2, -0.15) is 0 Å². The molecule has 0 fully saturated rings. The van der Waals surface area contributed by atoms with Crippen LogP contribution >= 0.6 is 7.92 Å². The Morgan fingerprint density at radius 3 is 2.14 bits per heavy atom. The Morgan fingerprint density at radius 2 is 1.21 bits per heavy atom. The Bertz CT molecular complexity index is 2490. The number of nitrogens with zero attached hydrogens (tertiary/aromatic N) is 4. The molecule has 9 rings (SSSR count). The molecule has 5 heteroatoms. The third kappa shape index (κ3) is 3.49.